The van der Waals surface area contributed by atoms with E-state index in [1.54, 1.807) is 4.90 Å². The quantitative estimate of drug-likeness (QED) is 0.795. The summed E-state index contributed by atoms with van der Waals surface area (Å²) in [7, 11) is 1.86. The lowest BCUT2D eigenvalue weighted by Crippen LogP contribution is -2.38. The van der Waals surface area contributed by atoms with Gasteiger partial charge in [-0.2, -0.15) is 0 Å². The first kappa shape index (κ1) is 15.9. The van der Waals surface area contributed by atoms with E-state index >= 15 is 0 Å². The maximum absolute atomic E-state index is 12.6. The van der Waals surface area contributed by atoms with Gasteiger partial charge in [0.25, 0.3) is 0 Å². The number of amides is 1. The van der Waals surface area contributed by atoms with Gasteiger partial charge in [0.1, 0.15) is 0 Å². The molecule has 4 heteroatoms. The Morgan fingerprint density at radius 1 is 1.16 bits per heavy atom. The number of fused-ring (bicyclic) bond motifs is 2. The largest absolute Gasteiger partial charge is 0.371 e. The Hall–Kier alpha value is -2.59. The van der Waals surface area contributed by atoms with E-state index in [1.807, 2.05) is 37.5 Å². The molecule has 0 saturated carbocycles. The molecule has 4 rings (SSSR count). The number of hydrogen-bond acceptors (Lipinski definition) is 2. The summed E-state index contributed by atoms with van der Waals surface area (Å²) in [5.41, 5.74) is 4.70. The fourth-order valence-corrected chi connectivity index (χ4v) is 3.51. The number of rotatable bonds is 4. The van der Waals surface area contributed by atoms with Crippen LogP contribution in [0, 0.1) is 0 Å². The third kappa shape index (κ3) is 3.30. The zero-order chi connectivity index (χ0) is 17.2. The standard InChI is InChI=1S/C21H22N2O2/c1-23(13-18-10-15-6-2-3-7-16(15)14-25-18)21(24)11-17-12-22-20-9-5-4-8-19(17)20/h2-9,12,18,22H,10-11,13-14H2,1H3. The minimum absolute atomic E-state index is 0.0619. The van der Waals surface area contributed by atoms with Crippen molar-refractivity contribution in [1.82, 2.24) is 9.88 Å². The topological polar surface area (TPSA) is 45.3 Å². The molecule has 1 amide bonds. The van der Waals surface area contributed by atoms with E-state index in [9.17, 15) is 4.79 Å². The molecule has 0 saturated heterocycles. The van der Waals surface area contributed by atoms with Crippen molar-refractivity contribution in [3.63, 3.8) is 0 Å². The molecule has 1 unspecified atom stereocenters. The zero-order valence-corrected chi connectivity index (χ0v) is 14.4. The lowest BCUT2D eigenvalue weighted by Gasteiger charge is -2.29. The maximum atomic E-state index is 12.6. The molecule has 1 atom stereocenters. The van der Waals surface area contributed by atoms with Gasteiger partial charge in [-0.15, -0.1) is 0 Å². The molecule has 1 N–H and O–H groups in total. The predicted molar refractivity (Wildman–Crippen MR) is 98.4 cm³/mol. The summed E-state index contributed by atoms with van der Waals surface area (Å²) in [6, 6.07) is 16.4. The molecular formula is C21H22N2O2. The smallest absolute Gasteiger partial charge is 0.226 e. The van der Waals surface area contributed by atoms with E-state index in [2.05, 4.69) is 29.2 Å². The highest BCUT2D eigenvalue weighted by molar-refractivity contribution is 5.88. The second-order valence-corrected chi connectivity index (χ2v) is 6.72. The van der Waals surface area contributed by atoms with Crippen LogP contribution in [0.2, 0.25) is 0 Å². The second-order valence-electron chi connectivity index (χ2n) is 6.72. The number of hydrogen-bond donors (Lipinski definition) is 1. The van der Waals surface area contributed by atoms with Crippen molar-refractivity contribution in [3.05, 3.63) is 71.4 Å². The highest BCUT2D eigenvalue weighted by Crippen LogP contribution is 2.22. The Kier molecular flexibility index (Phi) is 4.28. The van der Waals surface area contributed by atoms with Crippen LogP contribution < -0.4 is 0 Å². The van der Waals surface area contributed by atoms with Crippen molar-refractivity contribution < 1.29 is 9.53 Å². The summed E-state index contributed by atoms with van der Waals surface area (Å²) < 4.78 is 5.93. The Balaban J connectivity index is 1.40. The van der Waals surface area contributed by atoms with Crippen LogP contribution >= 0.6 is 0 Å². The lowest BCUT2D eigenvalue weighted by atomic mass is 9.99. The number of nitrogens with zero attached hydrogens (tertiary/aromatic N) is 1. The Labute approximate surface area is 147 Å². The average Bonchev–Trinajstić information content (AvgIpc) is 3.04. The molecule has 1 aliphatic heterocycles. The maximum Gasteiger partial charge on any atom is 0.226 e. The SMILES string of the molecule is CN(CC1Cc2ccccc2CO1)C(=O)Cc1c[nH]c2ccccc12. The van der Waals surface area contributed by atoms with Crippen molar-refractivity contribution in [2.24, 2.45) is 0 Å². The van der Waals surface area contributed by atoms with E-state index in [4.69, 9.17) is 4.74 Å². The van der Waals surface area contributed by atoms with Crippen molar-refractivity contribution in [2.75, 3.05) is 13.6 Å². The molecule has 0 spiro atoms. The molecule has 0 radical (unpaired) electrons. The van der Waals surface area contributed by atoms with Gasteiger partial charge in [-0.05, 0) is 22.8 Å². The molecular weight excluding hydrogens is 312 g/mol. The van der Waals surface area contributed by atoms with E-state index in [-0.39, 0.29) is 12.0 Å². The Morgan fingerprint density at radius 3 is 2.80 bits per heavy atom. The highest BCUT2D eigenvalue weighted by Gasteiger charge is 2.22. The van der Waals surface area contributed by atoms with Crippen LogP contribution in [-0.4, -0.2) is 35.5 Å². The molecule has 1 aliphatic rings. The van der Waals surface area contributed by atoms with Crippen LogP contribution in [0.25, 0.3) is 10.9 Å². The molecule has 4 nitrogen and oxygen atoms in total. The predicted octanol–water partition coefficient (Wildman–Crippen LogP) is 3.31. The molecule has 0 aliphatic carbocycles. The van der Waals surface area contributed by atoms with Gasteiger partial charge in [-0.25, -0.2) is 0 Å². The van der Waals surface area contributed by atoms with Gasteiger partial charge >= 0.3 is 0 Å². The molecule has 3 aromatic rings. The molecule has 2 aromatic carbocycles. The van der Waals surface area contributed by atoms with Crippen LogP contribution in [0.1, 0.15) is 16.7 Å². The fraction of sp³-hybridized carbons (Fsp3) is 0.286. The summed E-state index contributed by atoms with van der Waals surface area (Å²) in [6.07, 6.45) is 3.26. The summed E-state index contributed by atoms with van der Waals surface area (Å²) in [6.45, 7) is 1.25. The first-order chi connectivity index (χ1) is 12.2. The van der Waals surface area contributed by atoms with Gasteiger partial charge in [0.15, 0.2) is 0 Å². The number of H-pyrrole nitrogens is 1. The normalized spacial score (nSPS) is 16.6. The monoisotopic (exact) mass is 334 g/mol. The third-order valence-corrected chi connectivity index (χ3v) is 4.96. The number of aromatic amines is 1. The molecule has 0 fully saturated rings. The Morgan fingerprint density at radius 2 is 1.92 bits per heavy atom. The van der Waals surface area contributed by atoms with Crippen molar-refractivity contribution in [3.8, 4) is 0 Å². The van der Waals surface area contributed by atoms with Gasteiger partial charge in [0.2, 0.25) is 5.91 Å². The van der Waals surface area contributed by atoms with Crippen LogP contribution in [-0.2, 0) is 29.0 Å². The van der Waals surface area contributed by atoms with Gasteiger partial charge in [0.05, 0.1) is 19.1 Å². The summed E-state index contributed by atoms with van der Waals surface area (Å²) in [5, 5.41) is 1.12. The first-order valence-corrected chi connectivity index (χ1v) is 8.68. The number of carbonyl (C=O) groups is 1. The summed E-state index contributed by atoms with van der Waals surface area (Å²) in [5.74, 6) is 0.118. The third-order valence-electron chi connectivity index (χ3n) is 4.96. The first-order valence-electron chi connectivity index (χ1n) is 8.68. The van der Waals surface area contributed by atoms with Crippen molar-refractivity contribution in [1.29, 1.82) is 0 Å². The van der Waals surface area contributed by atoms with E-state index in [1.165, 1.54) is 11.1 Å². The molecule has 1 aromatic heterocycles. The summed E-state index contributed by atoms with van der Waals surface area (Å²) in [4.78, 5) is 17.7. The highest BCUT2D eigenvalue weighted by atomic mass is 16.5. The average molecular weight is 334 g/mol. The minimum atomic E-state index is 0.0619. The second kappa shape index (κ2) is 6.73. The van der Waals surface area contributed by atoms with Gasteiger partial charge in [-0.1, -0.05) is 42.5 Å². The van der Waals surface area contributed by atoms with Crippen LogP contribution in [0.5, 0.6) is 0 Å². The van der Waals surface area contributed by atoms with Crippen LogP contribution in [0.15, 0.2) is 54.7 Å². The van der Waals surface area contributed by atoms with Crippen LogP contribution in [0.3, 0.4) is 0 Å². The van der Waals surface area contributed by atoms with E-state index < -0.39 is 0 Å². The molecule has 2 heterocycles. The van der Waals surface area contributed by atoms with Crippen molar-refractivity contribution in [2.45, 2.75) is 25.6 Å². The van der Waals surface area contributed by atoms with Crippen LogP contribution in [0.4, 0.5) is 0 Å². The molecule has 0 bridgehead atoms. The van der Waals surface area contributed by atoms with Crippen molar-refractivity contribution >= 4 is 16.8 Å². The number of para-hydroxylation sites is 1. The lowest BCUT2D eigenvalue weighted by molar-refractivity contribution is -0.131. The van der Waals surface area contributed by atoms with Gasteiger partial charge < -0.3 is 14.6 Å². The molecule has 25 heavy (non-hydrogen) atoms. The zero-order valence-electron chi connectivity index (χ0n) is 14.4. The number of benzene rings is 2. The minimum Gasteiger partial charge on any atom is -0.371 e. The number of ether oxygens (including phenoxy) is 1. The number of aromatic nitrogens is 1. The molecule has 128 valence electrons. The van der Waals surface area contributed by atoms with E-state index in [0.717, 1.165) is 22.9 Å². The number of carbonyl (C=O) groups excluding carboxylic acids is 1. The number of likely N-dealkylation sites (N-methyl/N-ethyl adjacent to an activating group) is 1. The van der Waals surface area contributed by atoms with Gasteiger partial charge in [-0.3, -0.25) is 4.79 Å². The van der Waals surface area contributed by atoms with Gasteiger partial charge in [0, 0.05) is 37.1 Å². The number of nitrogens with one attached hydrogen (secondary N) is 1. The Bertz CT molecular complexity index is 900. The van der Waals surface area contributed by atoms with E-state index in [0.29, 0.717) is 19.6 Å². The summed E-state index contributed by atoms with van der Waals surface area (Å²) >= 11 is 0. The fourth-order valence-electron chi connectivity index (χ4n) is 3.51.